The minimum absolute atomic E-state index is 0.314. The van der Waals surface area contributed by atoms with Crippen molar-refractivity contribution < 1.29 is 19.4 Å². The third-order valence-corrected chi connectivity index (χ3v) is 3.80. The summed E-state index contributed by atoms with van der Waals surface area (Å²) in [5.41, 5.74) is 0.339. The second-order valence-electron chi connectivity index (χ2n) is 5.01. The van der Waals surface area contributed by atoms with Crippen LogP contribution in [0.2, 0.25) is 5.02 Å². The van der Waals surface area contributed by atoms with Crippen molar-refractivity contribution in [2.75, 3.05) is 7.11 Å². The summed E-state index contributed by atoms with van der Waals surface area (Å²) < 4.78 is 11.1. The van der Waals surface area contributed by atoms with Crippen molar-refractivity contribution in [1.29, 1.82) is 0 Å². The Bertz CT molecular complexity index is 475. The lowest BCUT2D eigenvalue weighted by atomic mass is 10.1. The second-order valence-corrected chi connectivity index (χ2v) is 5.44. The van der Waals surface area contributed by atoms with E-state index in [1.165, 1.54) is 13.2 Å². The third-order valence-electron chi connectivity index (χ3n) is 3.58. The second kappa shape index (κ2) is 6.95. The first-order chi connectivity index (χ1) is 9.65. The molecular formula is C15H19ClO4. The first kappa shape index (κ1) is 15.1. The van der Waals surface area contributed by atoms with Gasteiger partial charge < -0.3 is 14.6 Å². The van der Waals surface area contributed by atoms with Crippen molar-refractivity contribution in [3.8, 4) is 11.5 Å². The fourth-order valence-electron chi connectivity index (χ4n) is 2.50. The van der Waals surface area contributed by atoms with Crippen LogP contribution >= 0.6 is 11.6 Å². The van der Waals surface area contributed by atoms with Crippen LogP contribution < -0.4 is 9.47 Å². The normalized spacial score (nSPS) is 22.9. The average Bonchev–Trinajstić information content (AvgIpc) is 2.65. The van der Waals surface area contributed by atoms with E-state index in [1.807, 2.05) is 0 Å². The molecule has 0 saturated heterocycles. The Balaban J connectivity index is 2.29. The van der Waals surface area contributed by atoms with E-state index in [9.17, 15) is 9.90 Å². The molecule has 2 unspecified atom stereocenters. The molecule has 1 aromatic rings. The molecule has 5 heteroatoms. The number of aliphatic hydroxyl groups is 1. The molecule has 1 fully saturated rings. The Morgan fingerprint density at radius 3 is 2.75 bits per heavy atom. The number of benzene rings is 1. The molecule has 1 saturated carbocycles. The van der Waals surface area contributed by atoms with Crippen molar-refractivity contribution in [3.63, 3.8) is 0 Å². The van der Waals surface area contributed by atoms with E-state index in [0.717, 1.165) is 32.1 Å². The van der Waals surface area contributed by atoms with Gasteiger partial charge in [-0.15, -0.1) is 0 Å². The van der Waals surface area contributed by atoms with E-state index in [2.05, 4.69) is 0 Å². The molecule has 2 atom stereocenters. The highest BCUT2D eigenvalue weighted by Crippen LogP contribution is 2.36. The largest absolute Gasteiger partial charge is 0.493 e. The van der Waals surface area contributed by atoms with Gasteiger partial charge in [-0.2, -0.15) is 0 Å². The lowest BCUT2D eigenvalue weighted by Crippen LogP contribution is -2.31. The molecule has 0 aromatic heterocycles. The molecule has 1 aromatic carbocycles. The number of halogens is 1. The summed E-state index contributed by atoms with van der Waals surface area (Å²) in [5.74, 6) is 0.772. The van der Waals surface area contributed by atoms with E-state index in [0.29, 0.717) is 28.4 Å². The summed E-state index contributed by atoms with van der Waals surface area (Å²) in [5, 5.41) is 10.5. The van der Waals surface area contributed by atoms with Gasteiger partial charge in [0.1, 0.15) is 6.10 Å². The predicted octanol–water partition coefficient (Wildman–Crippen LogP) is 3.23. The van der Waals surface area contributed by atoms with Gasteiger partial charge in [0, 0.05) is 11.1 Å². The Hall–Kier alpha value is -1.26. The van der Waals surface area contributed by atoms with Crippen LogP contribution in [-0.4, -0.2) is 30.7 Å². The SMILES string of the molecule is COc1cc(Cl)cc(C=O)c1OC1CCCCCC1O. The first-order valence-electron chi connectivity index (χ1n) is 6.83. The van der Waals surface area contributed by atoms with Gasteiger partial charge >= 0.3 is 0 Å². The highest BCUT2D eigenvalue weighted by molar-refractivity contribution is 6.31. The van der Waals surface area contributed by atoms with Gasteiger partial charge in [-0.1, -0.05) is 24.4 Å². The Morgan fingerprint density at radius 2 is 2.05 bits per heavy atom. The molecule has 4 nitrogen and oxygen atoms in total. The summed E-state index contributed by atoms with van der Waals surface area (Å²) >= 11 is 5.93. The van der Waals surface area contributed by atoms with E-state index in [1.54, 1.807) is 6.07 Å². The van der Waals surface area contributed by atoms with Crippen molar-refractivity contribution in [3.05, 3.63) is 22.7 Å². The number of ether oxygens (including phenoxy) is 2. The maximum absolute atomic E-state index is 11.2. The van der Waals surface area contributed by atoms with Crippen molar-refractivity contribution in [2.24, 2.45) is 0 Å². The number of hydrogen-bond donors (Lipinski definition) is 1. The number of rotatable bonds is 4. The van der Waals surface area contributed by atoms with Gasteiger partial charge in [-0.25, -0.2) is 0 Å². The molecule has 0 amide bonds. The fraction of sp³-hybridized carbons (Fsp3) is 0.533. The smallest absolute Gasteiger partial charge is 0.172 e. The maximum atomic E-state index is 11.2. The Kier molecular flexibility index (Phi) is 5.26. The van der Waals surface area contributed by atoms with Crippen LogP contribution in [0.15, 0.2) is 12.1 Å². The van der Waals surface area contributed by atoms with Crippen LogP contribution in [0.3, 0.4) is 0 Å². The topological polar surface area (TPSA) is 55.8 Å². The summed E-state index contributed by atoms with van der Waals surface area (Å²) in [6.45, 7) is 0. The third kappa shape index (κ3) is 3.44. The van der Waals surface area contributed by atoms with Crippen LogP contribution in [0, 0.1) is 0 Å². The van der Waals surface area contributed by atoms with Gasteiger partial charge in [-0.05, 0) is 25.3 Å². The van der Waals surface area contributed by atoms with Gasteiger partial charge in [0.25, 0.3) is 0 Å². The highest BCUT2D eigenvalue weighted by atomic mass is 35.5. The molecule has 0 radical (unpaired) electrons. The van der Waals surface area contributed by atoms with Crippen LogP contribution in [0.5, 0.6) is 11.5 Å². The molecule has 1 N–H and O–H groups in total. The van der Waals surface area contributed by atoms with E-state index < -0.39 is 6.10 Å². The van der Waals surface area contributed by atoms with Gasteiger partial charge in [0.15, 0.2) is 17.8 Å². The van der Waals surface area contributed by atoms with Crippen molar-refractivity contribution >= 4 is 17.9 Å². The van der Waals surface area contributed by atoms with Crippen molar-refractivity contribution in [1.82, 2.24) is 0 Å². The molecule has 0 aliphatic heterocycles. The molecule has 110 valence electrons. The van der Waals surface area contributed by atoms with Crippen LogP contribution in [0.25, 0.3) is 0 Å². The summed E-state index contributed by atoms with van der Waals surface area (Å²) in [7, 11) is 1.50. The number of aldehydes is 1. The van der Waals surface area contributed by atoms with Gasteiger partial charge in [0.05, 0.1) is 18.8 Å². The molecule has 0 spiro atoms. The number of aliphatic hydroxyl groups excluding tert-OH is 1. The molecule has 0 bridgehead atoms. The van der Waals surface area contributed by atoms with E-state index in [4.69, 9.17) is 21.1 Å². The van der Waals surface area contributed by atoms with Crippen molar-refractivity contribution in [2.45, 2.75) is 44.3 Å². The molecular weight excluding hydrogens is 280 g/mol. The number of hydrogen-bond acceptors (Lipinski definition) is 4. The fourth-order valence-corrected chi connectivity index (χ4v) is 2.71. The van der Waals surface area contributed by atoms with Crippen LogP contribution in [0.4, 0.5) is 0 Å². The zero-order chi connectivity index (χ0) is 14.5. The average molecular weight is 299 g/mol. The zero-order valence-electron chi connectivity index (χ0n) is 11.5. The highest BCUT2D eigenvalue weighted by Gasteiger charge is 2.25. The monoisotopic (exact) mass is 298 g/mol. The summed E-state index contributed by atoms with van der Waals surface area (Å²) in [4.78, 5) is 11.2. The number of carbonyl (C=O) groups excluding carboxylic acids is 1. The predicted molar refractivity (Wildman–Crippen MR) is 76.9 cm³/mol. The lowest BCUT2D eigenvalue weighted by molar-refractivity contribution is 0.0301. The Morgan fingerprint density at radius 1 is 1.30 bits per heavy atom. The zero-order valence-corrected chi connectivity index (χ0v) is 12.2. The number of carbonyl (C=O) groups is 1. The Labute approximate surface area is 123 Å². The molecule has 1 aliphatic rings. The summed E-state index contributed by atoms with van der Waals surface area (Å²) in [6, 6.07) is 3.14. The van der Waals surface area contributed by atoms with E-state index in [-0.39, 0.29) is 6.10 Å². The maximum Gasteiger partial charge on any atom is 0.172 e. The minimum atomic E-state index is -0.516. The standard InChI is InChI=1S/C15H19ClO4/c1-19-14-8-11(16)7-10(9-17)15(14)20-13-6-4-2-3-5-12(13)18/h7-9,12-13,18H,2-6H2,1H3. The van der Waals surface area contributed by atoms with E-state index >= 15 is 0 Å². The number of methoxy groups -OCH3 is 1. The van der Waals surface area contributed by atoms with Crippen LogP contribution in [0.1, 0.15) is 42.5 Å². The van der Waals surface area contributed by atoms with Gasteiger partial charge in [-0.3, -0.25) is 4.79 Å². The van der Waals surface area contributed by atoms with Crippen LogP contribution in [-0.2, 0) is 0 Å². The summed E-state index contributed by atoms with van der Waals surface area (Å²) in [6.07, 6.45) is 4.45. The first-order valence-corrected chi connectivity index (χ1v) is 7.21. The quantitative estimate of drug-likeness (QED) is 0.685. The molecule has 0 heterocycles. The molecule has 1 aliphatic carbocycles. The lowest BCUT2D eigenvalue weighted by Gasteiger charge is -2.24. The molecule has 2 rings (SSSR count). The minimum Gasteiger partial charge on any atom is -0.493 e. The van der Waals surface area contributed by atoms with Gasteiger partial charge in [0.2, 0.25) is 0 Å². The molecule has 20 heavy (non-hydrogen) atoms.